The first-order chi connectivity index (χ1) is 7.78. The van der Waals surface area contributed by atoms with Crippen LogP contribution < -0.4 is 0 Å². The summed E-state index contributed by atoms with van der Waals surface area (Å²) in [5.41, 5.74) is 2.46. The van der Waals surface area contributed by atoms with Crippen molar-refractivity contribution in [3.8, 4) is 0 Å². The maximum absolute atomic E-state index is 5.19. The van der Waals surface area contributed by atoms with E-state index in [1.54, 1.807) is 11.8 Å². The van der Waals surface area contributed by atoms with E-state index in [1.807, 2.05) is 12.3 Å². The third-order valence-electron chi connectivity index (χ3n) is 2.22. The van der Waals surface area contributed by atoms with Gasteiger partial charge in [-0.05, 0) is 18.7 Å². The van der Waals surface area contributed by atoms with E-state index in [0.29, 0.717) is 12.3 Å². The molecule has 0 saturated carbocycles. The summed E-state index contributed by atoms with van der Waals surface area (Å²) in [5.74, 6) is 2.27. The molecule has 0 spiro atoms. The Morgan fingerprint density at radius 3 is 3.00 bits per heavy atom. The molecule has 16 heavy (non-hydrogen) atoms. The van der Waals surface area contributed by atoms with Gasteiger partial charge in [-0.25, -0.2) is 0 Å². The quantitative estimate of drug-likeness (QED) is 0.815. The van der Waals surface area contributed by atoms with Crippen molar-refractivity contribution in [2.24, 2.45) is 0 Å². The van der Waals surface area contributed by atoms with Crippen LogP contribution in [0.15, 0.2) is 28.8 Å². The summed E-state index contributed by atoms with van der Waals surface area (Å²) in [6.07, 6.45) is 2.74. The third kappa shape index (κ3) is 2.85. The highest BCUT2D eigenvalue weighted by Gasteiger charge is 2.06. The molecule has 2 aromatic rings. The number of rotatable bonds is 4. The first kappa shape index (κ1) is 11.2. The maximum atomic E-state index is 5.19. The highest BCUT2D eigenvalue weighted by molar-refractivity contribution is 7.97. The van der Waals surface area contributed by atoms with Crippen LogP contribution in [0.1, 0.15) is 22.8 Å². The van der Waals surface area contributed by atoms with Gasteiger partial charge in [-0.3, -0.25) is 0 Å². The highest BCUT2D eigenvalue weighted by atomic mass is 32.2. The molecule has 1 heterocycles. The minimum Gasteiger partial charge on any atom is -0.339 e. The summed E-state index contributed by atoms with van der Waals surface area (Å²) in [5, 5.41) is 3.92. The summed E-state index contributed by atoms with van der Waals surface area (Å²) in [6.45, 7) is 2.08. The number of benzene rings is 1. The fourth-order valence-electron chi connectivity index (χ4n) is 1.55. The van der Waals surface area contributed by atoms with Crippen LogP contribution >= 0.6 is 11.8 Å². The summed E-state index contributed by atoms with van der Waals surface area (Å²) in [4.78, 5) is 4.33. The van der Waals surface area contributed by atoms with Gasteiger partial charge in [0.05, 0.1) is 12.2 Å². The molecule has 0 aliphatic carbocycles. The van der Waals surface area contributed by atoms with Gasteiger partial charge in [0.15, 0.2) is 5.82 Å². The number of hydrogen-bond donors (Lipinski definition) is 0. The smallest absolute Gasteiger partial charge is 0.231 e. The largest absolute Gasteiger partial charge is 0.339 e. The Kier molecular flexibility index (Phi) is 3.62. The van der Waals surface area contributed by atoms with Gasteiger partial charge in [-0.15, -0.1) is 0 Å². The van der Waals surface area contributed by atoms with Gasteiger partial charge < -0.3 is 4.52 Å². The zero-order valence-electron chi connectivity index (χ0n) is 9.43. The lowest BCUT2D eigenvalue weighted by molar-refractivity contribution is 0.381. The first-order valence-electron chi connectivity index (χ1n) is 5.14. The van der Waals surface area contributed by atoms with Gasteiger partial charge in [0.25, 0.3) is 0 Å². The zero-order valence-corrected chi connectivity index (χ0v) is 10.3. The van der Waals surface area contributed by atoms with Gasteiger partial charge in [0.1, 0.15) is 0 Å². The van der Waals surface area contributed by atoms with Crippen molar-refractivity contribution in [3.63, 3.8) is 0 Å². The molecule has 0 bridgehead atoms. The molecule has 0 N–H and O–H groups in total. The predicted molar refractivity (Wildman–Crippen MR) is 65.5 cm³/mol. The van der Waals surface area contributed by atoms with Crippen molar-refractivity contribution in [3.05, 3.63) is 47.1 Å². The Labute approximate surface area is 99.3 Å². The molecule has 1 aromatic carbocycles. The molecule has 0 saturated heterocycles. The Morgan fingerprint density at radius 1 is 1.38 bits per heavy atom. The number of aromatic nitrogens is 2. The molecule has 3 nitrogen and oxygen atoms in total. The molecule has 0 fully saturated rings. The molecule has 1 aromatic heterocycles. The van der Waals surface area contributed by atoms with Gasteiger partial charge in [0, 0.05) is 0 Å². The zero-order chi connectivity index (χ0) is 11.4. The van der Waals surface area contributed by atoms with E-state index in [2.05, 4.69) is 35.3 Å². The molecule has 0 unspecified atom stereocenters. The number of hydrogen-bond acceptors (Lipinski definition) is 4. The Bertz CT molecular complexity index is 468. The molecule has 0 atom stereocenters. The lowest BCUT2D eigenvalue weighted by Gasteiger charge is -1.97. The standard InChI is InChI=1S/C12H14N2OS/c1-9-4-3-5-10(6-9)7-12-13-11(8-16-2)14-15-12/h3-6H,7-8H2,1-2H3. The van der Waals surface area contributed by atoms with E-state index in [1.165, 1.54) is 11.1 Å². The van der Waals surface area contributed by atoms with Crippen LogP contribution in [0, 0.1) is 6.92 Å². The second kappa shape index (κ2) is 5.16. The lowest BCUT2D eigenvalue weighted by atomic mass is 10.1. The van der Waals surface area contributed by atoms with Crippen LogP contribution in [0.2, 0.25) is 0 Å². The van der Waals surface area contributed by atoms with Crippen LogP contribution in [-0.4, -0.2) is 16.4 Å². The van der Waals surface area contributed by atoms with Gasteiger partial charge in [-0.1, -0.05) is 35.0 Å². The topological polar surface area (TPSA) is 38.9 Å². The van der Waals surface area contributed by atoms with Crippen molar-refractivity contribution in [2.75, 3.05) is 6.26 Å². The second-order valence-electron chi connectivity index (χ2n) is 3.70. The van der Waals surface area contributed by atoms with Crippen LogP contribution in [-0.2, 0) is 12.2 Å². The van der Waals surface area contributed by atoms with Crippen molar-refractivity contribution < 1.29 is 4.52 Å². The van der Waals surface area contributed by atoms with E-state index in [0.717, 1.165) is 11.6 Å². The molecule has 84 valence electrons. The molecule has 4 heteroatoms. The summed E-state index contributed by atoms with van der Waals surface area (Å²) < 4.78 is 5.19. The molecule has 2 rings (SSSR count). The van der Waals surface area contributed by atoms with Crippen molar-refractivity contribution in [1.29, 1.82) is 0 Å². The fraction of sp³-hybridized carbons (Fsp3) is 0.333. The van der Waals surface area contributed by atoms with Gasteiger partial charge in [0.2, 0.25) is 5.89 Å². The number of nitrogens with zero attached hydrogens (tertiary/aromatic N) is 2. The Balaban J connectivity index is 2.08. The van der Waals surface area contributed by atoms with E-state index in [4.69, 9.17) is 4.52 Å². The van der Waals surface area contributed by atoms with Crippen LogP contribution in [0.25, 0.3) is 0 Å². The van der Waals surface area contributed by atoms with E-state index >= 15 is 0 Å². The molecule has 0 amide bonds. The van der Waals surface area contributed by atoms with E-state index in [9.17, 15) is 0 Å². The fourth-order valence-corrected chi connectivity index (χ4v) is 1.92. The number of aryl methyl sites for hydroxylation is 1. The minimum atomic E-state index is 0.689. The first-order valence-corrected chi connectivity index (χ1v) is 6.53. The summed E-state index contributed by atoms with van der Waals surface area (Å²) in [7, 11) is 0. The Hall–Kier alpha value is -1.29. The minimum absolute atomic E-state index is 0.689. The molecule has 0 radical (unpaired) electrons. The summed E-state index contributed by atoms with van der Waals surface area (Å²) in [6, 6.07) is 8.34. The molecular weight excluding hydrogens is 220 g/mol. The average Bonchev–Trinajstić information content (AvgIpc) is 2.66. The van der Waals surface area contributed by atoms with E-state index < -0.39 is 0 Å². The van der Waals surface area contributed by atoms with Crippen molar-refractivity contribution >= 4 is 11.8 Å². The lowest BCUT2D eigenvalue weighted by Crippen LogP contribution is -1.89. The molecule has 0 aliphatic heterocycles. The molecular formula is C12H14N2OS. The van der Waals surface area contributed by atoms with E-state index in [-0.39, 0.29) is 0 Å². The third-order valence-corrected chi connectivity index (χ3v) is 2.77. The van der Waals surface area contributed by atoms with Crippen molar-refractivity contribution in [1.82, 2.24) is 10.1 Å². The maximum Gasteiger partial charge on any atom is 0.231 e. The van der Waals surface area contributed by atoms with Gasteiger partial charge >= 0.3 is 0 Å². The molecule has 0 aliphatic rings. The normalized spacial score (nSPS) is 10.6. The monoisotopic (exact) mass is 234 g/mol. The second-order valence-corrected chi connectivity index (χ2v) is 4.57. The van der Waals surface area contributed by atoms with Crippen molar-refractivity contribution in [2.45, 2.75) is 19.1 Å². The predicted octanol–water partition coefficient (Wildman–Crippen LogP) is 2.83. The average molecular weight is 234 g/mol. The van der Waals surface area contributed by atoms with Gasteiger partial charge in [-0.2, -0.15) is 16.7 Å². The summed E-state index contributed by atoms with van der Waals surface area (Å²) >= 11 is 1.69. The SMILES string of the molecule is CSCc1noc(Cc2cccc(C)c2)n1. The van der Waals surface area contributed by atoms with Crippen LogP contribution in [0.3, 0.4) is 0 Å². The van der Waals surface area contributed by atoms with Crippen LogP contribution in [0.5, 0.6) is 0 Å². The number of thioether (sulfide) groups is 1. The van der Waals surface area contributed by atoms with Crippen LogP contribution in [0.4, 0.5) is 0 Å². The Morgan fingerprint density at radius 2 is 2.25 bits per heavy atom. The highest BCUT2D eigenvalue weighted by Crippen LogP contribution is 2.11.